The molecule has 0 aromatic carbocycles. The molecule has 106 valence electrons. The number of amides is 1. The Balaban J connectivity index is 1.97. The van der Waals surface area contributed by atoms with E-state index < -0.39 is 0 Å². The van der Waals surface area contributed by atoms with Gasteiger partial charge in [0.1, 0.15) is 5.82 Å². The van der Waals surface area contributed by atoms with Gasteiger partial charge in [0.15, 0.2) is 0 Å². The summed E-state index contributed by atoms with van der Waals surface area (Å²) in [5.41, 5.74) is 0. The minimum atomic E-state index is 0.225. The van der Waals surface area contributed by atoms with E-state index in [9.17, 15) is 4.79 Å². The van der Waals surface area contributed by atoms with Gasteiger partial charge in [-0.1, -0.05) is 0 Å². The second-order valence-electron chi connectivity index (χ2n) is 4.81. The molecule has 6 nitrogen and oxygen atoms in total. The molecule has 0 N–H and O–H groups in total. The first-order valence-electron chi connectivity index (χ1n) is 6.40. The van der Waals surface area contributed by atoms with Gasteiger partial charge >= 0.3 is 0 Å². The summed E-state index contributed by atoms with van der Waals surface area (Å²) in [5, 5.41) is 0.916. The lowest BCUT2D eigenvalue weighted by Crippen LogP contribution is -2.47. The molecule has 1 fully saturated rings. The van der Waals surface area contributed by atoms with Crippen LogP contribution in [0, 0.1) is 0 Å². The molecule has 19 heavy (non-hydrogen) atoms. The van der Waals surface area contributed by atoms with E-state index >= 15 is 0 Å². The third kappa shape index (κ3) is 3.42. The lowest BCUT2D eigenvalue weighted by Gasteiger charge is -2.35. The molecule has 1 aliphatic heterocycles. The number of anilines is 1. The molecule has 1 saturated heterocycles. The molecular weight excluding hydrogens is 264 g/mol. The van der Waals surface area contributed by atoms with Crippen LogP contribution in [0.5, 0.6) is 0 Å². The van der Waals surface area contributed by atoms with Crippen LogP contribution < -0.4 is 4.90 Å². The number of likely N-dealkylation sites (tertiary alicyclic amines) is 1. The second kappa shape index (κ2) is 6.29. The number of carbonyl (C=O) groups is 1. The van der Waals surface area contributed by atoms with E-state index in [1.165, 1.54) is 11.5 Å². The Kier molecular flexibility index (Phi) is 4.71. The lowest BCUT2D eigenvalue weighted by atomic mass is 10.1. The number of carbonyl (C=O) groups excluding carboxylic acids is 1. The molecule has 0 aliphatic carbocycles. The van der Waals surface area contributed by atoms with Gasteiger partial charge in [-0.2, -0.15) is 4.37 Å². The summed E-state index contributed by atoms with van der Waals surface area (Å²) in [4.78, 5) is 19.9. The fourth-order valence-electron chi connectivity index (χ4n) is 2.15. The smallest absolute Gasteiger partial charge is 0.222 e. The standard InChI is InChI=1S/C12H20N4O2S/c1-15-8-9(4-5-11(15)17)16(2)12-13-10(14-19-12)6-7-18-3/h9H,4-8H2,1-3H3. The third-order valence-electron chi connectivity index (χ3n) is 3.44. The first kappa shape index (κ1) is 14.2. The van der Waals surface area contributed by atoms with Gasteiger partial charge in [-0.3, -0.25) is 4.79 Å². The third-order valence-corrected chi connectivity index (χ3v) is 4.28. The van der Waals surface area contributed by atoms with Crippen LogP contribution >= 0.6 is 11.5 Å². The average Bonchev–Trinajstić information content (AvgIpc) is 2.87. The monoisotopic (exact) mass is 284 g/mol. The number of piperidine rings is 1. The molecule has 1 aromatic heterocycles. The Morgan fingerprint density at radius 2 is 2.37 bits per heavy atom. The number of aromatic nitrogens is 2. The topological polar surface area (TPSA) is 58.6 Å². The highest BCUT2D eigenvalue weighted by Gasteiger charge is 2.27. The molecule has 1 unspecified atom stereocenters. The zero-order valence-electron chi connectivity index (χ0n) is 11.6. The fraction of sp³-hybridized carbons (Fsp3) is 0.750. The zero-order valence-corrected chi connectivity index (χ0v) is 12.4. The van der Waals surface area contributed by atoms with Gasteiger partial charge in [0.05, 0.1) is 6.61 Å². The van der Waals surface area contributed by atoms with E-state index in [1.807, 2.05) is 14.1 Å². The molecule has 1 aliphatic rings. The minimum absolute atomic E-state index is 0.225. The Bertz CT molecular complexity index is 437. The first-order chi connectivity index (χ1) is 9.11. The normalized spacial score (nSPS) is 19.8. The lowest BCUT2D eigenvalue weighted by molar-refractivity contribution is -0.132. The summed E-state index contributed by atoms with van der Waals surface area (Å²) in [6, 6.07) is 0.325. The first-order valence-corrected chi connectivity index (χ1v) is 7.17. The van der Waals surface area contributed by atoms with Crippen LogP contribution in [-0.4, -0.2) is 60.6 Å². The molecule has 1 amide bonds. The van der Waals surface area contributed by atoms with E-state index in [0.29, 0.717) is 19.1 Å². The zero-order chi connectivity index (χ0) is 13.8. The van der Waals surface area contributed by atoms with Gasteiger partial charge < -0.3 is 14.5 Å². The van der Waals surface area contributed by atoms with Crippen molar-refractivity contribution in [2.75, 3.05) is 39.3 Å². The molecule has 0 radical (unpaired) electrons. The quantitative estimate of drug-likeness (QED) is 0.800. The number of rotatable bonds is 5. The van der Waals surface area contributed by atoms with Crippen molar-refractivity contribution in [1.82, 2.24) is 14.3 Å². The SMILES string of the molecule is COCCc1nsc(N(C)C2CCC(=O)N(C)C2)n1. The maximum absolute atomic E-state index is 11.5. The molecule has 1 atom stereocenters. The molecule has 1 aromatic rings. The van der Waals surface area contributed by atoms with Crippen molar-refractivity contribution in [3.63, 3.8) is 0 Å². The number of nitrogens with zero attached hydrogens (tertiary/aromatic N) is 4. The van der Waals surface area contributed by atoms with Crippen LogP contribution in [0.2, 0.25) is 0 Å². The van der Waals surface area contributed by atoms with Crippen molar-refractivity contribution < 1.29 is 9.53 Å². The Labute approximate surface area is 117 Å². The molecule has 0 saturated carbocycles. The minimum Gasteiger partial charge on any atom is -0.384 e. The molecule has 2 heterocycles. The van der Waals surface area contributed by atoms with Gasteiger partial charge in [0, 0.05) is 58.2 Å². The van der Waals surface area contributed by atoms with Gasteiger partial charge in [0.25, 0.3) is 0 Å². The van der Waals surface area contributed by atoms with Gasteiger partial charge in [-0.15, -0.1) is 0 Å². The average molecular weight is 284 g/mol. The summed E-state index contributed by atoms with van der Waals surface area (Å²) in [6.07, 6.45) is 2.23. The number of methoxy groups -OCH3 is 1. The van der Waals surface area contributed by atoms with Gasteiger partial charge in [0.2, 0.25) is 11.0 Å². The van der Waals surface area contributed by atoms with E-state index in [1.54, 1.807) is 12.0 Å². The van der Waals surface area contributed by atoms with E-state index in [4.69, 9.17) is 4.74 Å². The Morgan fingerprint density at radius 3 is 3.05 bits per heavy atom. The summed E-state index contributed by atoms with van der Waals surface area (Å²) < 4.78 is 9.36. The summed E-state index contributed by atoms with van der Waals surface area (Å²) in [7, 11) is 5.55. The maximum atomic E-state index is 11.5. The Hall–Kier alpha value is -1.21. The van der Waals surface area contributed by atoms with Gasteiger partial charge in [-0.05, 0) is 6.42 Å². The highest BCUT2D eigenvalue weighted by molar-refractivity contribution is 7.09. The van der Waals surface area contributed by atoms with Crippen molar-refractivity contribution in [1.29, 1.82) is 0 Å². The summed E-state index contributed by atoms with van der Waals surface area (Å²) in [5.74, 6) is 1.05. The largest absolute Gasteiger partial charge is 0.384 e. The number of ether oxygens (including phenoxy) is 1. The number of hydrogen-bond donors (Lipinski definition) is 0. The molecular formula is C12H20N4O2S. The van der Waals surface area contributed by atoms with E-state index in [2.05, 4.69) is 14.3 Å². The van der Waals surface area contributed by atoms with E-state index in [0.717, 1.165) is 30.3 Å². The van der Waals surface area contributed by atoms with Crippen LogP contribution in [0.3, 0.4) is 0 Å². The van der Waals surface area contributed by atoms with Crippen molar-refractivity contribution in [3.8, 4) is 0 Å². The van der Waals surface area contributed by atoms with Crippen LogP contribution in [0.1, 0.15) is 18.7 Å². The van der Waals surface area contributed by atoms with Crippen molar-refractivity contribution in [2.24, 2.45) is 0 Å². The van der Waals surface area contributed by atoms with Crippen LogP contribution in [0.4, 0.5) is 5.13 Å². The van der Waals surface area contributed by atoms with Crippen molar-refractivity contribution in [2.45, 2.75) is 25.3 Å². The number of hydrogen-bond acceptors (Lipinski definition) is 6. The highest BCUT2D eigenvalue weighted by atomic mass is 32.1. The Morgan fingerprint density at radius 1 is 1.58 bits per heavy atom. The second-order valence-corrected chi connectivity index (χ2v) is 5.54. The van der Waals surface area contributed by atoms with Crippen molar-refractivity contribution >= 4 is 22.6 Å². The van der Waals surface area contributed by atoms with Crippen LogP contribution in [0.25, 0.3) is 0 Å². The maximum Gasteiger partial charge on any atom is 0.222 e. The van der Waals surface area contributed by atoms with Crippen molar-refractivity contribution in [3.05, 3.63) is 5.82 Å². The van der Waals surface area contributed by atoms with Crippen LogP contribution in [0.15, 0.2) is 0 Å². The van der Waals surface area contributed by atoms with Gasteiger partial charge in [-0.25, -0.2) is 4.98 Å². The van der Waals surface area contributed by atoms with Crippen LogP contribution in [-0.2, 0) is 16.0 Å². The predicted octanol–water partition coefficient (Wildman–Crippen LogP) is 0.784. The highest BCUT2D eigenvalue weighted by Crippen LogP contribution is 2.23. The molecule has 7 heteroatoms. The molecule has 0 spiro atoms. The molecule has 0 bridgehead atoms. The summed E-state index contributed by atoms with van der Waals surface area (Å²) >= 11 is 1.41. The fourth-order valence-corrected chi connectivity index (χ4v) is 2.89. The molecule has 2 rings (SSSR count). The van der Waals surface area contributed by atoms with E-state index in [-0.39, 0.29) is 5.91 Å². The predicted molar refractivity (Wildman–Crippen MR) is 74.6 cm³/mol. The number of likely N-dealkylation sites (N-methyl/N-ethyl adjacent to an activating group) is 2. The summed E-state index contributed by atoms with van der Waals surface area (Å²) in [6.45, 7) is 1.39.